The second kappa shape index (κ2) is 14.9. The number of carbonyl (C=O) groups excluding carboxylic acids is 2. The van der Waals surface area contributed by atoms with Crippen LogP contribution in [0.25, 0.3) is 0 Å². The highest BCUT2D eigenvalue weighted by Gasteiger charge is 2.56. The number of nitrogens with two attached hydrogens (primary N) is 1. The van der Waals surface area contributed by atoms with Crippen molar-refractivity contribution in [3.8, 4) is 12.3 Å². The minimum Gasteiger partial charge on any atom is -0.393 e. The summed E-state index contributed by atoms with van der Waals surface area (Å²) in [5.74, 6) is 7.93. The van der Waals surface area contributed by atoms with Crippen molar-refractivity contribution in [2.24, 2.45) is 63.4 Å². The van der Waals surface area contributed by atoms with Gasteiger partial charge in [-0.05, 0) is 148 Å². The average molecular weight is 624 g/mol. The zero-order chi connectivity index (χ0) is 33.0. The molecule has 6 nitrogen and oxygen atoms in total. The van der Waals surface area contributed by atoms with Crippen LogP contribution in [0, 0.1) is 70.0 Å². The maximum atomic E-state index is 13.1. The van der Waals surface area contributed by atoms with Crippen molar-refractivity contribution in [1.29, 1.82) is 0 Å². The Morgan fingerprint density at radius 1 is 1.02 bits per heavy atom. The van der Waals surface area contributed by atoms with E-state index in [1.165, 1.54) is 44.9 Å². The molecule has 4 saturated carbocycles. The molecule has 4 aliphatic rings. The van der Waals surface area contributed by atoms with Gasteiger partial charge in [0.1, 0.15) is 6.17 Å². The highest BCUT2D eigenvalue weighted by molar-refractivity contribution is 5.88. The zero-order valence-electron chi connectivity index (χ0n) is 29.4. The van der Waals surface area contributed by atoms with Gasteiger partial charge in [0.15, 0.2) is 0 Å². The number of allylic oxidation sites excluding steroid dienone is 1. The second-order valence-electron chi connectivity index (χ2n) is 17.3. The van der Waals surface area contributed by atoms with Crippen molar-refractivity contribution in [3.63, 3.8) is 0 Å². The van der Waals surface area contributed by atoms with Crippen molar-refractivity contribution in [3.05, 3.63) is 12.2 Å². The quantitative estimate of drug-likeness (QED) is 0.101. The largest absolute Gasteiger partial charge is 0.393 e. The molecule has 0 spiro atoms. The molecule has 4 aliphatic carbocycles. The highest BCUT2D eigenvalue weighted by Crippen LogP contribution is 2.64. The maximum Gasteiger partial charge on any atom is 0.245 e. The molecule has 4 fully saturated rings. The Morgan fingerprint density at radius 3 is 2.44 bits per heavy atom. The number of rotatable bonds is 13. The van der Waals surface area contributed by atoms with E-state index in [1.54, 1.807) is 6.08 Å². The lowest BCUT2D eigenvalue weighted by atomic mass is 9.47. The Morgan fingerprint density at radius 2 is 1.73 bits per heavy atom. The van der Waals surface area contributed by atoms with E-state index >= 15 is 0 Å². The Balaban J connectivity index is 1.23. The number of fused-ring (bicyclic) bond motifs is 5. The van der Waals surface area contributed by atoms with E-state index in [-0.39, 0.29) is 29.8 Å². The number of aliphatic hydroxyl groups is 1. The van der Waals surface area contributed by atoms with E-state index in [1.807, 2.05) is 19.9 Å². The zero-order valence-corrected chi connectivity index (χ0v) is 29.4. The Hall–Kier alpha value is -1.84. The summed E-state index contributed by atoms with van der Waals surface area (Å²) in [5, 5.41) is 16.2. The van der Waals surface area contributed by atoms with Crippen molar-refractivity contribution >= 4 is 11.8 Å². The molecule has 0 bridgehead atoms. The summed E-state index contributed by atoms with van der Waals surface area (Å²) in [7, 11) is 0. The number of hydrogen-bond donors (Lipinski definition) is 4. The molecule has 10 atom stereocenters. The predicted molar refractivity (Wildman–Crippen MR) is 184 cm³/mol. The van der Waals surface area contributed by atoms with Crippen LogP contribution in [-0.4, -0.2) is 35.7 Å². The van der Waals surface area contributed by atoms with Gasteiger partial charge in [-0.25, -0.2) is 0 Å². The lowest BCUT2D eigenvalue weighted by Crippen LogP contribution is -2.52. The van der Waals surface area contributed by atoms with Crippen LogP contribution in [0.3, 0.4) is 0 Å². The molecule has 0 heterocycles. The first-order valence-corrected chi connectivity index (χ1v) is 18.3. The van der Waals surface area contributed by atoms with Crippen LogP contribution in [0.5, 0.6) is 0 Å². The molecule has 6 heteroatoms. The normalized spacial score (nSPS) is 34.6. The van der Waals surface area contributed by atoms with Crippen LogP contribution >= 0.6 is 0 Å². The van der Waals surface area contributed by atoms with Gasteiger partial charge >= 0.3 is 0 Å². The molecule has 10 unspecified atom stereocenters. The molecule has 2 amide bonds. The number of hydrogen-bond acceptors (Lipinski definition) is 4. The van der Waals surface area contributed by atoms with Gasteiger partial charge < -0.3 is 21.5 Å². The smallest absolute Gasteiger partial charge is 0.245 e. The third-order valence-electron chi connectivity index (χ3n) is 13.3. The Kier molecular flexibility index (Phi) is 11.9. The van der Waals surface area contributed by atoms with E-state index in [0.717, 1.165) is 67.6 Å². The molecular formula is C39H65N3O3. The lowest BCUT2D eigenvalue weighted by molar-refractivity contribution is -0.131. The van der Waals surface area contributed by atoms with Gasteiger partial charge in [-0.15, -0.1) is 12.3 Å². The minimum absolute atomic E-state index is 0.0240. The second-order valence-corrected chi connectivity index (χ2v) is 17.3. The van der Waals surface area contributed by atoms with Crippen LogP contribution in [0.4, 0.5) is 0 Å². The van der Waals surface area contributed by atoms with Crippen molar-refractivity contribution in [2.45, 2.75) is 144 Å². The SMILES string of the molecule is C#CCC(NC(=O)/C=C/CCC(C)C1CCC2C1CCC1C2CCC2CC(O)CCC21C)NC(=O)C(C)(C)CCC(C)(C)CN. The number of terminal acetylenes is 1. The van der Waals surface area contributed by atoms with Crippen molar-refractivity contribution in [1.82, 2.24) is 10.6 Å². The van der Waals surface area contributed by atoms with E-state index in [2.05, 4.69) is 44.2 Å². The summed E-state index contributed by atoms with van der Waals surface area (Å²) in [4.78, 5) is 25.9. The van der Waals surface area contributed by atoms with E-state index in [0.29, 0.717) is 24.3 Å². The van der Waals surface area contributed by atoms with Gasteiger partial charge in [0.2, 0.25) is 11.8 Å². The number of nitrogens with one attached hydrogen (secondary N) is 2. The van der Waals surface area contributed by atoms with Crippen LogP contribution in [0.2, 0.25) is 0 Å². The molecule has 0 radical (unpaired) electrons. The standard InChI is InChI=1S/C39H65N3O3/c1-8-11-34(42-36(45)38(5,6)23-22-37(3,4)25-40)41-35(44)13-10-9-12-26(2)29-16-17-31-30(29)18-19-33-32(31)15-14-27-24-28(43)20-21-39(27,33)7/h1,10,13,26-34,43H,9,11-12,14-25,40H2,2-7H3,(H,41,44)(H,42,45)/b13-10+. The fourth-order valence-electron chi connectivity index (χ4n) is 10.1. The lowest BCUT2D eigenvalue weighted by Gasteiger charge is -2.59. The minimum atomic E-state index is -0.595. The number of aliphatic hydroxyl groups excluding tert-OH is 1. The van der Waals surface area contributed by atoms with Gasteiger partial charge in [0, 0.05) is 11.8 Å². The summed E-state index contributed by atoms with van der Waals surface area (Å²) < 4.78 is 0. The van der Waals surface area contributed by atoms with Crippen LogP contribution in [0.15, 0.2) is 12.2 Å². The van der Waals surface area contributed by atoms with Crippen LogP contribution in [-0.2, 0) is 9.59 Å². The molecule has 254 valence electrons. The molecule has 0 aromatic carbocycles. The molecule has 5 N–H and O–H groups in total. The third-order valence-corrected chi connectivity index (χ3v) is 13.3. The number of carbonyl (C=O) groups is 2. The molecule has 4 rings (SSSR count). The fourth-order valence-corrected chi connectivity index (χ4v) is 10.1. The van der Waals surface area contributed by atoms with Gasteiger partial charge in [-0.2, -0.15) is 0 Å². The topological polar surface area (TPSA) is 104 Å². The average Bonchev–Trinajstić information content (AvgIpc) is 3.43. The molecule has 0 aromatic heterocycles. The van der Waals surface area contributed by atoms with Gasteiger partial charge in [0.05, 0.1) is 6.10 Å². The van der Waals surface area contributed by atoms with Gasteiger partial charge in [0.25, 0.3) is 0 Å². The van der Waals surface area contributed by atoms with E-state index in [4.69, 9.17) is 12.2 Å². The maximum absolute atomic E-state index is 13.1. The summed E-state index contributed by atoms with van der Waals surface area (Å²) in [5.41, 5.74) is 5.71. The first-order chi connectivity index (χ1) is 21.2. The molecule has 0 aliphatic heterocycles. The van der Waals surface area contributed by atoms with Gasteiger partial charge in [-0.3, -0.25) is 9.59 Å². The first-order valence-electron chi connectivity index (χ1n) is 18.3. The summed E-state index contributed by atoms with van der Waals surface area (Å²) >= 11 is 0. The monoisotopic (exact) mass is 624 g/mol. The molecular weight excluding hydrogens is 558 g/mol. The number of amides is 2. The predicted octanol–water partition coefficient (Wildman–Crippen LogP) is 6.96. The summed E-state index contributed by atoms with van der Waals surface area (Å²) in [6.45, 7) is 13.7. The van der Waals surface area contributed by atoms with Crippen LogP contribution < -0.4 is 16.4 Å². The highest BCUT2D eigenvalue weighted by atomic mass is 16.3. The Bertz CT molecular complexity index is 1090. The first kappa shape index (κ1) is 36.0. The van der Waals surface area contributed by atoms with Crippen molar-refractivity contribution < 1.29 is 14.7 Å². The van der Waals surface area contributed by atoms with Crippen molar-refractivity contribution in [2.75, 3.05) is 6.54 Å². The molecule has 0 aromatic rings. The van der Waals surface area contributed by atoms with Crippen LogP contribution in [0.1, 0.15) is 131 Å². The Labute approximate surface area is 274 Å². The fraction of sp³-hybridized carbons (Fsp3) is 0.846. The molecule has 0 saturated heterocycles. The van der Waals surface area contributed by atoms with E-state index in [9.17, 15) is 14.7 Å². The summed E-state index contributed by atoms with van der Waals surface area (Å²) in [6, 6.07) is 0. The van der Waals surface area contributed by atoms with Gasteiger partial charge in [-0.1, -0.05) is 47.6 Å². The summed E-state index contributed by atoms with van der Waals surface area (Å²) in [6.07, 6.45) is 23.7. The molecule has 45 heavy (non-hydrogen) atoms. The third kappa shape index (κ3) is 8.55. The van der Waals surface area contributed by atoms with E-state index < -0.39 is 11.6 Å².